The zero-order valence-corrected chi connectivity index (χ0v) is 13.8. The van der Waals surface area contributed by atoms with Gasteiger partial charge in [0, 0.05) is 5.02 Å². The van der Waals surface area contributed by atoms with E-state index in [2.05, 4.69) is 9.46 Å². The molecule has 0 bridgehead atoms. The van der Waals surface area contributed by atoms with Gasteiger partial charge in [-0.15, -0.1) is 0 Å². The van der Waals surface area contributed by atoms with Crippen LogP contribution >= 0.6 is 11.6 Å². The molecule has 0 aromatic heterocycles. The Morgan fingerprint density at radius 2 is 1.78 bits per heavy atom. The van der Waals surface area contributed by atoms with Crippen molar-refractivity contribution in [1.29, 1.82) is 0 Å². The fourth-order valence-corrected chi connectivity index (χ4v) is 2.90. The van der Waals surface area contributed by atoms with Crippen LogP contribution in [0, 0.1) is 0 Å². The molecule has 2 rings (SSSR count). The summed E-state index contributed by atoms with van der Waals surface area (Å²) >= 11 is 5.97. The summed E-state index contributed by atoms with van der Waals surface area (Å²) < 4.78 is 31.3. The van der Waals surface area contributed by atoms with Crippen molar-refractivity contribution in [3.63, 3.8) is 0 Å². The highest BCUT2D eigenvalue weighted by Crippen LogP contribution is 2.20. The second-order valence-electron chi connectivity index (χ2n) is 4.51. The number of hydrogen-bond acceptors (Lipinski definition) is 4. The Hall–Kier alpha value is -2.31. The Morgan fingerprint density at radius 3 is 2.48 bits per heavy atom. The number of methoxy groups -OCH3 is 1. The van der Waals surface area contributed by atoms with E-state index in [4.69, 9.17) is 11.6 Å². The van der Waals surface area contributed by atoms with Gasteiger partial charge in [0.05, 0.1) is 23.8 Å². The highest BCUT2D eigenvalue weighted by Gasteiger charge is 2.15. The Kier molecular flexibility index (Phi) is 5.41. The molecule has 1 N–H and O–H groups in total. The van der Waals surface area contributed by atoms with E-state index in [1.807, 2.05) is 0 Å². The third-order valence-corrected chi connectivity index (χ3v) is 4.26. The SMILES string of the molecule is COC(=O)c1ccccc1NS(=O)(=O)/C=C/c1ccccc1Cl. The lowest BCUT2D eigenvalue weighted by Gasteiger charge is -2.09. The van der Waals surface area contributed by atoms with E-state index < -0.39 is 16.0 Å². The summed E-state index contributed by atoms with van der Waals surface area (Å²) in [5.41, 5.74) is 0.841. The molecule has 0 spiro atoms. The van der Waals surface area contributed by atoms with Crippen LogP contribution in [0.25, 0.3) is 6.08 Å². The van der Waals surface area contributed by atoms with Gasteiger partial charge in [0.25, 0.3) is 10.0 Å². The number of anilines is 1. The van der Waals surface area contributed by atoms with E-state index in [-0.39, 0.29) is 11.3 Å². The molecule has 120 valence electrons. The summed E-state index contributed by atoms with van der Waals surface area (Å²) in [7, 11) is -2.58. The maximum absolute atomic E-state index is 12.2. The van der Waals surface area contributed by atoms with E-state index in [9.17, 15) is 13.2 Å². The van der Waals surface area contributed by atoms with Crippen LogP contribution in [0.1, 0.15) is 15.9 Å². The van der Waals surface area contributed by atoms with Gasteiger partial charge in [0.1, 0.15) is 0 Å². The number of carbonyl (C=O) groups excluding carboxylic acids is 1. The van der Waals surface area contributed by atoms with Crippen molar-refractivity contribution in [3.8, 4) is 0 Å². The van der Waals surface area contributed by atoms with Crippen molar-refractivity contribution < 1.29 is 17.9 Å². The highest BCUT2D eigenvalue weighted by atomic mass is 35.5. The third-order valence-electron chi connectivity index (χ3n) is 2.92. The van der Waals surface area contributed by atoms with Gasteiger partial charge in [0.15, 0.2) is 0 Å². The average Bonchev–Trinajstić information content (AvgIpc) is 2.53. The minimum Gasteiger partial charge on any atom is -0.465 e. The first-order valence-electron chi connectivity index (χ1n) is 6.56. The predicted molar refractivity (Wildman–Crippen MR) is 90.8 cm³/mol. The van der Waals surface area contributed by atoms with Crippen LogP contribution < -0.4 is 4.72 Å². The minimum atomic E-state index is -3.81. The molecule has 0 amide bonds. The van der Waals surface area contributed by atoms with Gasteiger partial charge in [-0.3, -0.25) is 4.72 Å². The molecule has 0 radical (unpaired) electrons. The lowest BCUT2D eigenvalue weighted by molar-refractivity contribution is 0.0602. The van der Waals surface area contributed by atoms with Crippen LogP contribution in [0.3, 0.4) is 0 Å². The summed E-state index contributed by atoms with van der Waals surface area (Å²) in [5, 5.41) is 1.43. The van der Waals surface area contributed by atoms with E-state index in [1.54, 1.807) is 36.4 Å². The smallest absolute Gasteiger partial charge is 0.339 e. The monoisotopic (exact) mass is 351 g/mol. The number of esters is 1. The minimum absolute atomic E-state index is 0.129. The third kappa shape index (κ3) is 4.58. The van der Waals surface area contributed by atoms with Crippen LogP contribution in [0.15, 0.2) is 53.9 Å². The summed E-state index contributed by atoms with van der Waals surface area (Å²) in [6.07, 6.45) is 1.38. The Labute approximate surface area is 139 Å². The molecular formula is C16H14ClNO4S. The van der Waals surface area contributed by atoms with Gasteiger partial charge in [-0.1, -0.05) is 41.9 Å². The first kappa shape index (κ1) is 17.1. The number of carbonyl (C=O) groups is 1. The molecule has 0 aliphatic heterocycles. The number of rotatable bonds is 5. The Balaban J connectivity index is 2.26. The van der Waals surface area contributed by atoms with Crippen molar-refractivity contribution in [2.75, 3.05) is 11.8 Å². The Morgan fingerprint density at radius 1 is 1.13 bits per heavy atom. The lowest BCUT2D eigenvalue weighted by Crippen LogP contribution is -2.13. The normalized spacial score (nSPS) is 11.4. The molecule has 0 saturated carbocycles. The fourth-order valence-electron chi connectivity index (χ4n) is 1.82. The molecule has 23 heavy (non-hydrogen) atoms. The number of benzene rings is 2. The molecule has 0 heterocycles. The second kappa shape index (κ2) is 7.30. The molecule has 0 saturated heterocycles. The molecule has 0 atom stereocenters. The van der Waals surface area contributed by atoms with Crippen molar-refractivity contribution in [2.24, 2.45) is 0 Å². The first-order chi connectivity index (χ1) is 10.9. The van der Waals surface area contributed by atoms with Gasteiger partial charge in [-0.05, 0) is 29.8 Å². The molecule has 0 aliphatic rings. The number of para-hydroxylation sites is 1. The average molecular weight is 352 g/mol. The quantitative estimate of drug-likeness (QED) is 0.836. The van der Waals surface area contributed by atoms with Crippen LogP contribution in [0.4, 0.5) is 5.69 Å². The zero-order chi connectivity index (χ0) is 16.9. The van der Waals surface area contributed by atoms with Crippen molar-refractivity contribution in [3.05, 3.63) is 70.1 Å². The van der Waals surface area contributed by atoms with Gasteiger partial charge >= 0.3 is 5.97 Å². The zero-order valence-electron chi connectivity index (χ0n) is 12.2. The maximum atomic E-state index is 12.2. The summed E-state index contributed by atoms with van der Waals surface area (Å²) in [6, 6.07) is 13.0. The molecule has 0 unspecified atom stereocenters. The van der Waals surface area contributed by atoms with Gasteiger partial charge in [-0.25, -0.2) is 13.2 Å². The largest absolute Gasteiger partial charge is 0.465 e. The molecular weight excluding hydrogens is 338 g/mol. The number of halogens is 1. The Bertz CT molecular complexity index is 847. The lowest BCUT2D eigenvalue weighted by atomic mass is 10.2. The van der Waals surface area contributed by atoms with Crippen LogP contribution in [0.5, 0.6) is 0 Å². The van der Waals surface area contributed by atoms with Crippen molar-refractivity contribution in [1.82, 2.24) is 0 Å². The highest BCUT2D eigenvalue weighted by molar-refractivity contribution is 7.95. The van der Waals surface area contributed by atoms with Crippen LogP contribution in [-0.2, 0) is 14.8 Å². The summed E-state index contributed by atoms with van der Waals surface area (Å²) in [6.45, 7) is 0. The van der Waals surface area contributed by atoms with Gasteiger partial charge < -0.3 is 4.74 Å². The topological polar surface area (TPSA) is 72.5 Å². The van der Waals surface area contributed by atoms with Gasteiger partial charge in [-0.2, -0.15) is 0 Å². The molecule has 2 aromatic rings. The summed E-state index contributed by atoms with van der Waals surface area (Å²) in [4.78, 5) is 11.7. The van der Waals surface area contributed by atoms with E-state index in [1.165, 1.54) is 25.3 Å². The number of nitrogens with one attached hydrogen (secondary N) is 1. The number of hydrogen-bond donors (Lipinski definition) is 1. The second-order valence-corrected chi connectivity index (χ2v) is 6.48. The van der Waals surface area contributed by atoms with Crippen LogP contribution in [0.2, 0.25) is 5.02 Å². The molecule has 2 aromatic carbocycles. The number of ether oxygens (including phenoxy) is 1. The maximum Gasteiger partial charge on any atom is 0.339 e. The standard InChI is InChI=1S/C16H14ClNO4S/c1-22-16(19)13-7-3-5-9-15(13)18-23(20,21)11-10-12-6-2-4-8-14(12)17/h2-11,18H,1H3/b11-10+. The van der Waals surface area contributed by atoms with Crippen LogP contribution in [-0.4, -0.2) is 21.5 Å². The van der Waals surface area contributed by atoms with E-state index in [0.29, 0.717) is 10.6 Å². The first-order valence-corrected chi connectivity index (χ1v) is 8.48. The van der Waals surface area contributed by atoms with Gasteiger partial charge in [0.2, 0.25) is 0 Å². The van der Waals surface area contributed by atoms with Crippen molar-refractivity contribution >= 4 is 39.4 Å². The predicted octanol–water partition coefficient (Wildman–Crippen LogP) is 3.54. The van der Waals surface area contributed by atoms with E-state index in [0.717, 1.165) is 5.41 Å². The number of sulfonamides is 1. The molecule has 5 nitrogen and oxygen atoms in total. The molecule has 0 aliphatic carbocycles. The molecule has 7 heteroatoms. The summed E-state index contributed by atoms with van der Waals surface area (Å²) in [5.74, 6) is -0.626. The fraction of sp³-hybridized carbons (Fsp3) is 0.0625. The van der Waals surface area contributed by atoms with E-state index >= 15 is 0 Å². The van der Waals surface area contributed by atoms with Crippen molar-refractivity contribution in [2.45, 2.75) is 0 Å². The molecule has 0 fully saturated rings.